The van der Waals surface area contributed by atoms with Crippen LogP contribution >= 0.6 is 21.6 Å². The number of fused-ring (bicyclic) bond motifs is 2. The van der Waals surface area contributed by atoms with Crippen molar-refractivity contribution in [1.29, 1.82) is 0 Å². The van der Waals surface area contributed by atoms with Crippen molar-refractivity contribution in [2.75, 3.05) is 46.1 Å². The summed E-state index contributed by atoms with van der Waals surface area (Å²) in [5, 5.41) is 42.2. The van der Waals surface area contributed by atoms with Crippen LogP contribution in [0.1, 0.15) is 56.1 Å². The van der Waals surface area contributed by atoms with Crippen LogP contribution in [0.5, 0.6) is 23.0 Å². The quantitative estimate of drug-likeness (QED) is 0.0708. The number of carbonyl (C=O) groups excluding carboxylic acids is 1. The molecule has 2 fully saturated rings. The first-order chi connectivity index (χ1) is 25.6. The number of nitrogens with zero attached hydrogens (tertiary/aromatic N) is 1. The molecule has 4 aliphatic rings. The maximum atomic E-state index is 14.6. The van der Waals surface area contributed by atoms with Crippen molar-refractivity contribution in [3.8, 4) is 23.0 Å². The van der Waals surface area contributed by atoms with Crippen LogP contribution in [0.15, 0.2) is 59.6 Å². The van der Waals surface area contributed by atoms with E-state index in [1.807, 2.05) is 37.4 Å². The number of carbonyl (C=O) groups is 1. The van der Waals surface area contributed by atoms with E-state index in [9.17, 15) is 20.1 Å². The Morgan fingerprint density at radius 2 is 1.96 bits per heavy atom. The Labute approximate surface area is 320 Å². The Bertz CT molecular complexity index is 1710. The van der Waals surface area contributed by atoms with Gasteiger partial charge < -0.3 is 45.5 Å². The number of aryl methyl sites for hydroxylation is 1. The lowest BCUT2D eigenvalue weighted by atomic mass is 9.62. The van der Waals surface area contributed by atoms with Crippen LogP contribution in [0.2, 0.25) is 0 Å². The second-order valence-electron chi connectivity index (χ2n) is 14.7. The summed E-state index contributed by atoms with van der Waals surface area (Å²) in [5.41, 5.74) is 1.21. The lowest BCUT2D eigenvalue weighted by Crippen LogP contribution is -2.46. The second-order valence-corrected chi connectivity index (χ2v) is 17.3. The second kappa shape index (κ2) is 17.4. The number of likely N-dealkylation sites (N-methyl/N-ethyl adjacent to an activating group) is 1. The number of ketones is 1. The molecule has 2 aromatic carbocycles. The third kappa shape index (κ3) is 8.64. The molecule has 13 heteroatoms. The molecule has 11 nitrogen and oxygen atoms in total. The molecule has 0 saturated heterocycles. The minimum atomic E-state index is -0.824. The standard InChI is InChI=1S/C40H54N4O7S2/c1-41-23-39(16-15-27(21-39)20-36(47)50-4)51-33-18-25-7-5-6-8-35(46)40(22-26-9-13-31(45)32(19-26)49-3)28-10-12-29(40)34(14-11-28)53-52-24-43-38(42-2)44-30(17-25)37(33)48/h6,8-9,11,13-14,17-19,27-29,34,36,41,45,47-48H,5,7,10,12,15-16,20-24H2,1-4H3,(H2,42,43,44). The number of allylic oxidation sites excluding steroid dienone is 3. The molecular formula is C40H54N4O7S2. The molecule has 0 radical (unpaired) electrons. The van der Waals surface area contributed by atoms with E-state index in [0.29, 0.717) is 67.7 Å². The van der Waals surface area contributed by atoms with E-state index in [1.165, 1.54) is 7.11 Å². The van der Waals surface area contributed by atoms with Crippen molar-refractivity contribution in [2.45, 2.75) is 74.9 Å². The molecule has 0 amide bonds. The van der Waals surface area contributed by atoms with E-state index < -0.39 is 17.3 Å². The van der Waals surface area contributed by atoms with Gasteiger partial charge in [-0.25, -0.2) is 0 Å². The zero-order valence-electron chi connectivity index (χ0n) is 31.1. The van der Waals surface area contributed by atoms with E-state index in [4.69, 9.17) is 14.2 Å². The maximum absolute atomic E-state index is 14.6. The Hall–Kier alpha value is -3.36. The van der Waals surface area contributed by atoms with Gasteiger partial charge in [0.05, 0.1) is 18.7 Å². The fourth-order valence-corrected chi connectivity index (χ4v) is 11.5. The molecule has 288 valence electrons. The molecule has 1 heterocycles. The lowest BCUT2D eigenvalue weighted by molar-refractivity contribution is -0.127. The fourth-order valence-electron chi connectivity index (χ4n) is 8.96. The predicted octanol–water partition coefficient (Wildman–Crippen LogP) is 6.19. The number of aromatic hydroxyl groups is 2. The van der Waals surface area contributed by atoms with Gasteiger partial charge in [-0.1, -0.05) is 45.9 Å². The van der Waals surface area contributed by atoms with Gasteiger partial charge in [0.1, 0.15) is 5.60 Å². The van der Waals surface area contributed by atoms with Crippen LogP contribution in [-0.4, -0.2) is 84.9 Å². The molecular weight excluding hydrogens is 713 g/mol. The summed E-state index contributed by atoms with van der Waals surface area (Å²) in [4.78, 5) is 19.0. The molecule has 0 spiro atoms. The Kier molecular flexibility index (Phi) is 12.9. The summed E-state index contributed by atoms with van der Waals surface area (Å²) < 4.78 is 17.3. The zero-order valence-corrected chi connectivity index (χ0v) is 32.7. The first-order valence-electron chi connectivity index (χ1n) is 18.5. The molecule has 2 saturated carbocycles. The van der Waals surface area contributed by atoms with Crippen LogP contribution in [0.4, 0.5) is 5.69 Å². The number of methoxy groups -OCH3 is 2. The summed E-state index contributed by atoms with van der Waals surface area (Å²) in [6.45, 7) is 0.582. The SMILES string of the molecule is CN=C1NCSSC2C=CC3CCC2C3(Cc2ccc(O)c(OC)c2)C(=O)C=CCCc2cc(c(O)c(OC3(CNC)CCC(CC(O)OC)C3)c2)N1. The van der Waals surface area contributed by atoms with Crippen LogP contribution in [-0.2, 0) is 22.4 Å². The van der Waals surface area contributed by atoms with Crippen molar-refractivity contribution in [3.05, 3.63) is 65.8 Å². The Morgan fingerprint density at radius 3 is 2.74 bits per heavy atom. The average Bonchev–Trinajstić information content (AvgIpc) is 3.63. The number of guanidine groups is 1. The number of phenols is 2. The van der Waals surface area contributed by atoms with Crippen molar-refractivity contribution < 1.29 is 34.3 Å². The van der Waals surface area contributed by atoms with E-state index in [-0.39, 0.29) is 40.3 Å². The van der Waals surface area contributed by atoms with Gasteiger partial charge in [0.2, 0.25) is 0 Å². The van der Waals surface area contributed by atoms with Gasteiger partial charge in [0.25, 0.3) is 0 Å². The molecule has 2 aromatic rings. The van der Waals surface area contributed by atoms with Crippen molar-refractivity contribution in [2.24, 2.45) is 28.2 Å². The average molecular weight is 767 g/mol. The molecule has 6 bridgehead atoms. The predicted molar refractivity (Wildman–Crippen MR) is 213 cm³/mol. The third-order valence-electron chi connectivity index (χ3n) is 11.5. The number of benzene rings is 2. The van der Waals surface area contributed by atoms with E-state index >= 15 is 0 Å². The molecule has 1 aliphatic heterocycles. The van der Waals surface area contributed by atoms with E-state index in [2.05, 4.69) is 33.1 Å². The minimum Gasteiger partial charge on any atom is -0.504 e. The molecule has 6 N–H and O–H groups in total. The number of phenolic OH excluding ortho intramolecular Hbond substituents is 2. The number of hydrogen-bond acceptors (Lipinski definition) is 11. The number of anilines is 1. The summed E-state index contributed by atoms with van der Waals surface area (Å²) in [6.07, 6.45) is 14.1. The first-order valence-corrected chi connectivity index (χ1v) is 20.9. The van der Waals surface area contributed by atoms with Gasteiger partial charge in [-0.15, -0.1) is 0 Å². The van der Waals surface area contributed by atoms with Crippen LogP contribution in [0, 0.1) is 23.2 Å². The van der Waals surface area contributed by atoms with Gasteiger partial charge in [0, 0.05) is 37.8 Å². The number of hydrogen-bond donors (Lipinski definition) is 6. The number of ether oxygens (including phenoxy) is 3. The Morgan fingerprint density at radius 1 is 1.11 bits per heavy atom. The first kappa shape index (κ1) is 39.3. The van der Waals surface area contributed by atoms with Crippen LogP contribution in [0.25, 0.3) is 0 Å². The summed E-state index contributed by atoms with van der Waals surface area (Å²) in [7, 11) is 10.1. The minimum absolute atomic E-state index is 0.000909. The summed E-state index contributed by atoms with van der Waals surface area (Å²) >= 11 is 0. The topological polar surface area (TPSA) is 154 Å². The summed E-state index contributed by atoms with van der Waals surface area (Å²) in [6, 6.07) is 9.23. The monoisotopic (exact) mass is 766 g/mol. The highest BCUT2D eigenvalue weighted by Crippen LogP contribution is 2.59. The van der Waals surface area contributed by atoms with Crippen LogP contribution < -0.4 is 25.4 Å². The molecule has 7 atom stereocenters. The maximum Gasteiger partial charge on any atom is 0.196 e. The fraction of sp³-hybridized carbons (Fsp3) is 0.550. The van der Waals surface area contributed by atoms with Gasteiger partial charge in [-0.05, 0) is 118 Å². The highest BCUT2D eigenvalue weighted by atomic mass is 33.1. The summed E-state index contributed by atoms with van der Waals surface area (Å²) in [5.74, 6) is 2.56. The van der Waals surface area contributed by atoms with Gasteiger partial charge in [0.15, 0.2) is 41.0 Å². The molecule has 6 rings (SSSR count). The molecule has 53 heavy (non-hydrogen) atoms. The smallest absolute Gasteiger partial charge is 0.196 e. The normalized spacial score (nSPS) is 30.1. The van der Waals surface area contributed by atoms with Crippen molar-refractivity contribution in [1.82, 2.24) is 10.6 Å². The van der Waals surface area contributed by atoms with E-state index in [1.54, 1.807) is 47.9 Å². The molecule has 0 aromatic heterocycles. The molecule has 7 unspecified atom stereocenters. The number of aliphatic hydroxyl groups excluding tert-OH is 1. The zero-order chi connectivity index (χ0) is 37.6. The van der Waals surface area contributed by atoms with Crippen molar-refractivity contribution in [3.63, 3.8) is 0 Å². The highest BCUT2D eigenvalue weighted by Gasteiger charge is 2.57. The number of nitrogens with one attached hydrogen (secondary N) is 3. The Balaban J connectivity index is 1.30. The van der Waals surface area contributed by atoms with Crippen molar-refractivity contribution >= 4 is 39.0 Å². The van der Waals surface area contributed by atoms with E-state index in [0.717, 1.165) is 36.8 Å². The van der Waals surface area contributed by atoms with Gasteiger partial charge >= 0.3 is 0 Å². The van der Waals surface area contributed by atoms with Crippen LogP contribution in [0.3, 0.4) is 0 Å². The number of aliphatic hydroxyl groups is 1. The number of rotatable bonds is 10. The number of aliphatic imine (C=N–C) groups is 1. The largest absolute Gasteiger partial charge is 0.504 e. The third-order valence-corrected chi connectivity index (χ3v) is 14.0. The van der Waals surface area contributed by atoms with Gasteiger partial charge in [-0.2, -0.15) is 0 Å². The highest BCUT2D eigenvalue weighted by molar-refractivity contribution is 8.77. The van der Waals surface area contributed by atoms with Gasteiger partial charge in [-0.3, -0.25) is 9.79 Å². The molecule has 3 aliphatic carbocycles. The lowest BCUT2D eigenvalue weighted by Gasteiger charge is -2.43.